The molecular formula is C16H23O4PS2. The average molecular weight is 374 g/mol. The monoisotopic (exact) mass is 374 g/mol. The minimum absolute atomic E-state index is 0.0998. The average Bonchev–Trinajstić information content (AvgIpc) is 2.60. The summed E-state index contributed by atoms with van der Waals surface area (Å²) >= 11 is 6.98. The van der Waals surface area contributed by atoms with Gasteiger partial charge >= 0.3 is 5.97 Å². The molecule has 1 heterocycles. The van der Waals surface area contributed by atoms with Crippen molar-refractivity contribution >= 4 is 34.9 Å². The van der Waals surface area contributed by atoms with Gasteiger partial charge < -0.3 is 13.8 Å². The van der Waals surface area contributed by atoms with Crippen LogP contribution in [-0.4, -0.2) is 31.5 Å². The molecule has 0 atom stereocenters. The van der Waals surface area contributed by atoms with Crippen molar-refractivity contribution in [2.75, 3.05) is 25.6 Å². The van der Waals surface area contributed by atoms with Crippen molar-refractivity contribution in [3.8, 4) is 0 Å². The maximum Gasteiger partial charge on any atom is 0.338 e. The largest absolute Gasteiger partial charge is 0.461 e. The zero-order chi connectivity index (χ0) is 16.8. The van der Waals surface area contributed by atoms with E-state index in [2.05, 4.69) is 13.8 Å². The van der Waals surface area contributed by atoms with Gasteiger partial charge in [0.2, 0.25) is 5.69 Å². The maximum atomic E-state index is 11.8. The quantitative estimate of drug-likeness (QED) is 0.393. The fraction of sp³-hybridized carbons (Fsp3) is 0.562. The maximum absolute atomic E-state index is 11.8. The second-order valence-corrected chi connectivity index (χ2v) is 12.0. The standard InChI is InChI=1S/C16H23O4PS2/c1-3-16(4-2)12-19-21(22,20-13-16)23-11-10-18-15(17)14-8-6-5-7-9-14/h5-9H,3-4,10-13H2,1-2H3. The van der Waals surface area contributed by atoms with Crippen LogP contribution in [0.2, 0.25) is 0 Å². The lowest BCUT2D eigenvalue weighted by Crippen LogP contribution is -2.33. The van der Waals surface area contributed by atoms with Gasteiger partial charge in [-0.15, -0.1) is 0 Å². The summed E-state index contributed by atoms with van der Waals surface area (Å²) in [7, 11) is 0. The summed E-state index contributed by atoms with van der Waals surface area (Å²) in [5.41, 5.74) is -1.64. The van der Waals surface area contributed by atoms with E-state index in [0.29, 0.717) is 31.1 Å². The molecule has 1 aromatic carbocycles. The molecule has 7 heteroatoms. The second kappa shape index (κ2) is 8.63. The number of carbonyl (C=O) groups is 1. The molecule has 128 valence electrons. The molecule has 1 aliphatic heterocycles. The Kier molecular flexibility index (Phi) is 7.11. The molecule has 0 N–H and O–H groups in total. The lowest BCUT2D eigenvalue weighted by molar-refractivity contribution is 0.0327. The fourth-order valence-corrected chi connectivity index (χ4v) is 6.30. The minimum Gasteiger partial charge on any atom is -0.461 e. The molecule has 0 aliphatic carbocycles. The van der Waals surface area contributed by atoms with Crippen LogP contribution in [0.3, 0.4) is 0 Å². The Morgan fingerprint density at radius 2 is 1.87 bits per heavy atom. The number of carbonyl (C=O) groups excluding carboxylic acids is 1. The number of ether oxygens (including phenoxy) is 1. The molecule has 1 fully saturated rings. The third kappa shape index (κ3) is 5.30. The predicted octanol–water partition coefficient (Wildman–Crippen LogP) is 4.65. The van der Waals surface area contributed by atoms with Gasteiger partial charge in [0.1, 0.15) is 6.61 Å². The predicted molar refractivity (Wildman–Crippen MR) is 98.4 cm³/mol. The highest BCUT2D eigenvalue weighted by Gasteiger charge is 2.37. The fourth-order valence-electron chi connectivity index (χ4n) is 2.18. The molecule has 0 radical (unpaired) electrons. The molecule has 0 bridgehead atoms. The summed E-state index contributed by atoms with van der Waals surface area (Å²) in [4.78, 5) is 11.8. The van der Waals surface area contributed by atoms with Gasteiger partial charge in [-0.1, -0.05) is 43.4 Å². The van der Waals surface area contributed by atoms with E-state index in [0.717, 1.165) is 12.8 Å². The molecule has 1 aliphatic rings. The number of benzene rings is 1. The highest BCUT2D eigenvalue weighted by Crippen LogP contribution is 2.64. The molecule has 1 saturated heterocycles. The molecular weight excluding hydrogens is 351 g/mol. The Morgan fingerprint density at radius 1 is 1.26 bits per heavy atom. The molecule has 0 unspecified atom stereocenters. The number of esters is 1. The SMILES string of the molecule is CCC1(CC)COP(=S)(SCCOC(=O)c2ccccc2)OC1. The number of hydrogen-bond donors (Lipinski definition) is 0. The van der Waals surface area contributed by atoms with Gasteiger partial charge in [0.15, 0.2) is 0 Å². The normalized spacial score (nSPS) is 19.2. The Morgan fingerprint density at radius 3 is 2.43 bits per heavy atom. The lowest BCUT2D eigenvalue weighted by Gasteiger charge is -2.39. The lowest BCUT2D eigenvalue weighted by atomic mass is 9.84. The molecule has 0 amide bonds. The second-order valence-electron chi connectivity index (χ2n) is 5.54. The first-order valence-electron chi connectivity index (χ1n) is 7.78. The molecule has 4 nitrogen and oxygen atoms in total. The van der Waals surface area contributed by atoms with Gasteiger partial charge in [0.05, 0.1) is 18.8 Å². The van der Waals surface area contributed by atoms with Crippen LogP contribution in [0.15, 0.2) is 30.3 Å². The van der Waals surface area contributed by atoms with Crippen molar-refractivity contribution in [1.82, 2.24) is 0 Å². The summed E-state index contributed by atoms with van der Waals surface area (Å²) in [5, 5.41) is 0. The first-order valence-corrected chi connectivity index (χ1v) is 12.0. The molecule has 0 spiro atoms. The van der Waals surface area contributed by atoms with Crippen LogP contribution in [0.5, 0.6) is 0 Å². The van der Waals surface area contributed by atoms with Crippen molar-refractivity contribution in [3.05, 3.63) is 35.9 Å². The Labute approximate surface area is 147 Å². The van der Waals surface area contributed by atoms with E-state index in [1.54, 1.807) is 12.1 Å². The highest BCUT2D eigenvalue weighted by atomic mass is 32.9. The van der Waals surface area contributed by atoms with E-state index in [9.17, 15) is 4.79 Å². The van der Waals surface area contributed by atoms with Crippen molar-refractivity contribution < 1.29 is 18.6 Å². The summed E-state index contributed by atoms with van der Waals surface area (Å²) < 4.78 is 17.0. The van der Waals surface area contributed by atoms with E-state index < -0.39 is 5.69 Å². The number of hydrogen-bond acceptors (Lipinski definition) is 6. The third-order valence-corrected chi connectivity index (χ3v) is 9.40. The smallest absolute Gasteiger partial charge is 0.338 e. The van der Waals surface area contributed by atoms with Crippen LogP contribution >= 0.6 is 17.1 Å². The van der Waals surface area contributed by atoms with Crippen molar-refractivity contribution in [1.29, 1.82) is 0 Å². The van der Waals surface area contributed by atoms with Crippen molar-refractivity contribution in [3.63, 3.8) is 0 Å². The molecule has 0 saturated carbocycles. The van der Waals surface area contributed by atoms with Crippen molar-refractivity contribution in [2.24, 2.45) is 5.41 Å². The van der Waals surface area contributed by atoms with Crippen LogP contribution in [0, 0.1) is 5.41 Å². The summed E-state index contributed by atoms with van der Waals surface area (Å²) in [6.07, 6.45) is 2.05. The first-order chi connectivity index (χ1) is 11.0. The molecule has 2 rings (SSSR count). The molecule has 0 aromatic heterocycles. The highest BCUT2D eigenvalue weighted by molar-refractivity contribution is 8.67. The summed E-state index contributed by atoms with van der Waals surface area (Å²) in [5.74, 6) is 0.269. The van der Waals surface area contributed by atoms with Crippen LogP contribution < -0.4 is 0 Å². The van der Waals surface area contributed by atoms with Gasteiger partial charge in [0.25, 0.3) is 0 Å². The van der Waals surface area contributed by atoms with Crippen LogP contribution in [-0.2, 0) is 25.6 Å². The Bertz CT molecular complexity index is 546. The first kappa shape index (κ1) is 18.9. The topological polar surface area (TPSA) is 44.8 Å². The minimum atomic E-state index is -2.29. The van der Waals surface area contributed by atoms with E-state index in [1.165, 1.54) is 11.4 Å². The van der Waals surface area contributed by atoms with Crippen molar-refractivity contribution in [2.45, 2.75) is 26.7 Å². The number of rotatable bonds is 7. The van der Waals surface area contributed by atoms with Crippen LogP contribution in [0.4, 0.5) is 0 Å². The zero-order valence-electron chi connectivity index (χ0n) is 13.5. The third-order valence-electron chi connectivity index (χ3n) is 4.13. The Hall–Kier alpha value is -0.390. The van der Waals surface area contributed by atoms with E-state index in [4.69, 9.17) is 25.6 Å². The van der Waals surface area contributed by atoms with Crippen LogP contribution in [0.1, 0.15) is 37.0 Å². The van der Waals surface area contributed by atoms with Gasteiger partial charge in [-0.3, -0.25) is 0 Å². The van der Waals surface area contributed by atoms with E-state index >= 15 is 0 Å². The van der Waals surface area contributed by atoms with E-state index in [1.807, 2.05) is 18.2 Å². The Balaban J connectivity index is 1.72. The van der Waals surface area contributed by atoms with Gasteiger partial charge in [-0.2, -0.15) is 0 Å². The zero-order valence-corrected chi connectivity index (χ0v) is 16.1. The molecule has 23 heavy (non-hydrogen) atoms. The summed E-state index contributed by atoms with van der Waals surface area (Å²) in [6.45, 7) is 5.93. The van der Waals surface area contributed by atoms with E-state index in [-0.39, 0.29) is 11.4 Å². The van der Waals surface area contributed by atoms with Gasteiger partial charge in [-0.05, 0) is 36.8 Å². The van der Waals surface area contributed by atoms with Crippen LogP contribution in [0.25, 0.3) is 0 Å². The summed E-state index contributed by atoms with van der Waals surface area (Å²) in [6, 6.07) is 8.96. The van der Waals surface area contributed by atoms with Gasteiger partial charge in [0, 0.05) is 11.2 Å². The molecule has 1 aromatic rings. The van der Waals surface area contributed by atoms with Gasteiger partial charge in [-0.25, -0.2) is 4.79 Å².